The van der Waals surface area contributed by atoms with Gasteiger partial charge in [0.1, 0.15) is 5.82 Å². The van der Waals surface area contributed by atoms with Crippen molar-refractivity contribution in [3.8, 4) is 0 Å². The fourth-order valence-electron chi connectivity index (χ4n) is 2.19. The summed E-state index contributed by atoms with van der Waals surface area (Å²) in [6.45, 7) is 2.18. The third-order valence-electron chi connectivity index (χ3n) is 3.41. The minimum atomic E-state index is -0.465. The second-order valence-electron chi connectivity index (χ2n) is 4.92. The molecule has 0 heterocycles. The number of carbonyl (C=O) groups is 1. The molecule has 0 N–H and O–H groups in total. The van der Waals surface area contributed by atoms with Crippen LogP contribution in [0.15, 0.2) is 29.8 Å². The second kappa shape index (κ2) is 5.66. The van der Waals surface area contributed by atoms with E-state index in [0.717, 1.165) is 24.8 Å². The smallest absolute Gasteiger partial charge is 0.162 e. The van der Waals surface area contributed by atoms with Crippen LogP contribution in [0, 0.1) is 11.7 Å². The van der Waals surface area contributed by atoms with Crippen LogP contribution in [0.1, 0.15) is 31.7 Å². The lowest BCUT2D eigenvalue weighted by Crippen LogP contribution is -2.12. The molecular formula is C15H16ClFO. The number of carbonyl (C=O) groups excluding carboxylic acids is 1. The summed E-state index contributed by atoms with van der Waals surface area (Å²) in [6, 6.07) is 4.59. The van der Waals surface area contributed by atoms with E-state index >= 15 is 0 Å². The number of ketones is 1. The summed E-state index contributed by atoms with van der Waals surface area (Å²) in [7, 11) is 0. The molecule has 18 heavy (non-hydrogen) atoms. The van der Waals surface area contributed by atoms with Crippen molar-refractivity contribution in [3.63, 3.8) is 0 Å². The van der Waals surface area contributed by atoms with Gasteiger partial charge in [-0.2, -0.15) is 0 Å². The number of benzene rings is 1. The van der Waals surface area contributed by atoms with Gasteiger partial charge in [-0.05, 0) is 42.4 Å². The van der Waals surface area contributed by atoms with E-state index in [0.29, 0.717) is 11.5 Å². The van der Waals surface area contributed by atoms with Gasteiger partial charge in [0, 0.05) is 6.42 Å². The zero-order chi connectivity index (χ0) is 13.1. The second-order valence-corrected chi connectivity index (χ2v) is 5.30. The molecule has 1 aromatic carbocycles. The molecule has 0 saturated heterocycles. The van der Waals surface area contributed by atoms with Gasteiger partial charge in [-0.15, -0.1) is 0 Å². The Hall–Kier alpha value is -1.15. The van der Waals surface area contributed by atoms with E-state index in [-0.39, 0.29) is 17.2 Å². The Morgan fingerprint density at radius 2 is 2.28 bits per heavy atom. The molecule has 0 bridgehead atoms. The van der Waals surface area contributed by atoms with Gasteiger partial charge in [0.2, 0.25) is 0 Å². The molecular weight excluding hydrogens is 251 g/mol. The summed E-state index contributed by atoms with van der Waals surface area (Å²) in [5, 5.41) is 0.0654. The van der Waals surface area contributed by atoms with Crippen LogP contribution in [0.3, 0.4) is 0 Å². The third kappa shape index (κ3) is 2.99. The number of halogens is 2. The van der Waals surface area contributed by atoms with Crippen LogP contribution in [0.5, 0.6) is 0 Å². The molecule has 0 fully saturated rings. The number of allylic oxidation sites excluding steroid dienone is 2. The minimum absolute atomic E-state index is 0.0643. The zero-order valence-electron chi connectivity index (χ0n) is 10.4. The van der Waals surface area contributed by atoms with Crippen molar-refractivity contribution < 1.29 is 9.18 Å². The molecule has 1 aliphatic rings. The van der Waals surface area contributed by atoms with Crippen LogP contribution in [0.4, 0.5) is 4.39 Å². The fraction of sp³-hybridized carbons (Fsp3) is 0.400. The van der Waals surface area contributed by atoms with Crippen LogP contribution in [0.25, 0.3) is 0 Å². The molecule has 0 radical (unpaired) electrons. The molecule has 1 atom stereocenters. The molecule has 1 nitrogen and oxygen atoms in total. The van der Waals surface area contributed by atoms with Crippen molar-refractivity contribution in [3.05, 3.63) is 46.3 Å². The van der Waals surface area contributed by atoms with Gasteiger partial charge in [0.05, 0.1) is 5.02 Å². The topological polar surface area (TPSA) is 17.1 Å². The van der Waals surface area contributed by atoms with Crippen LogP contribution >= 0.6 is 11.6 Å². The highest BCUT2D eigenvalue weighted by molar-refractivity contribution is 6.31. The average Bonchev–Trinajstić information content (AvgIpc) is 2.36. The van der Waals surface area contributed by atoms with Gasteiger partial charge in [-0.3, -0.25) is 4.79 Å². The van der Waals surface area contributed by atoms with Gasteiger partial charge in [0.15, 0.2) is 5.78 Å². The van der Waals surface area contributed by atoms with Crippen molar-refractivity contribution in [1.29, 1.82) is 0 Å². The van der Waals surface area contributed by atoms with Gasteiger partial charge in [-0.25, -0.2) is 4.39 Å². The Kier molecular flexibility index (Phi) is 4.18. The van der Waals surface area contributed by atoms with E-state index < -0.39 is 5.82 Å². The Balaban J connectivity index is 2.10. The number of rotatable bonds is 3. The first-order valence-electron chi connectivity index (χ1n) is 6.23. The summed E-state index contributed by atoms with van der Waals surface area (Å²) in [6.07, 6.45) is 5.04. The lowest BCUT2D eigenvalue weighted by atomic mass is 9.88. The third-order valence-corrected chi connectivity index (χ3v) is 3.84. The van der Waals surface area contributed by atoms with Crippen molar-refractivity contribution >= 4 is 17.4 Å². The molecule has 1 unspecified atom stereocenters. The van der Waals surface area contributed by atoms with E-state index in [2.05, 4.69) is 6.92 Å². The summed E-state index contributed by atoms with van der Waals surface area (Å²) >= 11 is 5.85. The van der Waals surface area contributed by atoms with Gasteiger partial charge < -0.3 is 0 Å². The molecule has 0 aliphatic heterocycles. The van der Waals surface area contributed by atoms with Gasteiger partial charge >= 0.3 is 0 Å². The van der Waals surface area contributed by atoms with Crippen molar-refractivity contribution in [2.45, 2.75) is 32.6 Å². The molecule has 0 saturated carbocycles. The maximum Gasteiger partial charge on any atom is 0.162 e. The molecule has 0 spiro atoms. The summed E-state index contributed by atoms with van der Waals surface area (Å²) < 4.78 is 13.3. The van der Waals surface area contributed by atoms with E-state index in [9.17, 15) is 9.18 Å². The Morgan fingerprint density at radius 1 is 1.50 bits per heavy atom. The van der Waals surface area contributed by atoms with Crippen LogP contribution < -0.4 is 0 Å². The van der Waals surface area contributed by atoms with Crippen LogP contribution in [0.2, 0.25) is 5.02 Å². The maximum absolute atomic E-state index is 13.3. The number of hydrogen-bond acceptors (Lipinski definition) is 1. The van der Waals surface area contributed by atoms with E-state index in [1.54, 1.807) is 12.1 Å². The van der Waals surface area contributed by atoms with E-state index in [4.69, 9.17) is 11.6 Å². The minimum Gasteiger partial charge on any atom is -0.294 e. The molecule has 96 valence electrons. The maximum atomic E-state index is 13.3. The van der Waals surface area contributed by atoms with Crippen LogP contribution in [-0.4, -0.2) is 5.78 Å². The SMILES string of the molecule is CC1CC=C(C(=O)Cc2cccc(F)c2Cl)CC1. The first kappa shape index (κ1) is 13.3. The van der Waals surface area contributed by atoms with Gasteiger partial charge in [0.25, 0.3) is 0 Å². The zero-order valence-corrected chi connectivity index (χ0v) is 11.1. The summed E-state index contributed by atoms with van der Waals surface area (Å²) in [4.78, 5) is 12.1. The fourth-order valence-corrected chi connectivity index (χ4v) is 2.38. The molecule has 0 aromatic heterocycles. The van der Waals surface area contributed by atoms with Crippen molar-refractivity contribution in [2.75, 3.05) is 0 Å². The standard InChI is InChI=1S/C15H16ClFO/c1-10-5-7-11(8-6-10)14(18)9-12-3-2-4-13(17)15(12)16/h2-4,7,10H,5-6,8-9H2,1H3. The average molecular weight is 267 g/mol. The van der Waals surface area contributed by atoms with E-state index in [1.165, 1.54) is 6.07 Å². The van der Waals surface area contributed by atoms with Crippen LogP contribution in [-0.2, 0) is 11.2 Å². The largest absolute Gasteiger partial charge is 0.294 e. The molecule has 1 aliphatic carbocycles. The Bertz CT molecular complexity index is 493. The lowest BCUT2D eigenvalue weighted by molar-refractivity contribution is -0.115. The lowest BCUT2D eigenvalue weighted by Gasteiger charge is -2.17. The summed E-state index contributed by atoms with van der Waals surface area (Å²) in [5.41, 5.74) is 1.44. The summed E-state index contributed by atoms with van der Waals surface area (Å²) in [5.74, 6) is 0.252. The Labute approximate surface area is 112 Å². The normalized spacial score (nSPS) is 19.5. The van der Waals surface area contributed by atoms with Gasteiger partial charge in [-0.1, -0.05) is 36.7 Å². The molecule has 3 heteroatoms. The Morgan fingerprint density at radius 3 is 2.94 bits per heavy atom. The quantitative estimate of drug-likeness (QED) is 0.795. The van der Waals surface area contributed by atoms with E-state index in [1.807, 2.05) is 6.08 Å². The molecule has 2 rings (SSSR count). The molecule has 0 amide bonds. The highest BCUT2D eigenvalue weighted by Gasteiger charge is 2.17. The molecule has 1 aromatic rings. The monoisotopic (exact) mass is 266 g/mol. The first-order chi connectivity index (χ1) is 8.58. The predicted molar refractivity (Wildman–Crippen MR) is 71.2 cm³/mol. The number of Topliss-reactive ketones (excluding diaryl/α,β-unsaturated/α-hetero) is 1. The first-order valence-corrected chi connectivity index (χ1v) is 6.61. The highest BCUT2D eigenvalue weighted by Crippen LogP contribution is 2.26. The number of hydrogen-bond donors (Lipinski definition) is 0. The van der Waals surface area contributed by atoms with Crippen molar-refractivity contribution in [2.24, 2.45) is 5.92 Å². The highest BCUT2D eigenvalue weighted by atomic mass is 35.5. The van der Waals surface area contributed by atoms with Crippen molar-refractivity contribution in [1.82, 2.24) is 0 Å². The predicted octanol–water partition coefficient (Wildman–Crippen LogP) is 4.34.